The highest BCUT2D eigenvalue weighted by Gasteiger charge is 2.57. The number of benzene rings is 2. The number of carbonyl (C=O) groups is 1. The van der Waals surface area contributed by atoms with Gasteiger partial charge in [-0.05, 0) is 97.0 Å². The van der Waals surface area contributed by atoms with Gasteiger partial charge in [-0.15, -0.1) is 0 Å². The maximum absolute atomic E-state index is 17.3. The van der Waals surface area contributed by atoms with Crippen molar-refractivity contribution in [1.82, 2.24) is 19.9 Å². The largest absolute Gasteiger partial charge is 0.461 e. The summed E-state index contributed by atoms with van der Waals surface area (Å²) < 4.78 is 89.4. The highest BCUT2D eigenvalue weighted by atomic mass is 32.1. The number of fused-ring (bicyclic) bond motifs is 3. The normalized spacial score (nSPS) is 22.2. The van der Waals surface area contributed by atoms with Gasteiger partial charge in [0.05, 0.1) is 27.4 Å². The number of rotatable bonds is 7. The molecule has 2 saturated carbocycles. The summed E-state index contributed by atoms with van der Waals surface area (Å²) in [7, 11) is 1.72. The van der Waals surface area contributed by atoms with Gasteiger partial charge in [-0.3, -0.25) is 10.2 Å². The van der Waals surface area contributed by atoms with E-state index in [4.69, 9.17) is 9.47 Å². The van der Waals surface area contributed by atoms with Crippen molar-refractivity contribution in [2.75, 3.05) is 37.0 Å². The number of nitrogens with one attached hydrogen (secondary N) is 1. The molecule has 2 unspecified atom stereocenters. The van der Waals surface area contributed by atoms with Crippen molar-refractivity contribution in [2.45, 2.75) is 108 Å². The van der Waals surface area contributed by atoms with E-state index >= 15 is 22.0 Å². The zero-order valence-corrected chi connectivity index (χ0v) is 31.4. The second-order valence-corrected chi connectivity index (χ2v) is 17.3. The number of aromatic nitrogens is 3. The zero-order chi connectivity index (χ0) is 38.4. The van der Waals surface area contributed by atoms with Gasteiger partial charge >= 0.3 is 18.3 Å². The minimum atomic E-state index is -5.07. The Kier molecular flexibility index (Phi) is 9.00. The fourth-order valence-corrected chi connectivity index (χ4v) is 10.3. The molecule has 290 valence electrons. The first-order chi connectivity index (χ1) is 25.5. The molecule has 2 aromatic heterocycles. The Balaban J connectivity index is 1.29. The maximum Gasteiger partial charge on any atom is 0.417 e. The lowest BCUT2D eigenvalue weighted by Crippen LogP contribution is -2.62. The van der Waals surface area contributed by atoms with Gasteiger partial charge in [0.25, 0.3) is 0 Å². The molecule has 10 nitrogen and oxygen atoms in total. The molecule has 0 radical (unpaired) electrons. The van der Waals surface area contributed by atoms with Crippen molar-refractivity contribution >= 4 is 49.5 Å². The van der Waals surface area contributed by atoms with E-state index in [0.717, 1.165) is 82.7 Å². The molecule has 16 heteroatoms. The molecule has 1 spiro atoms. The van der Waals surface area contributed by atoms with Crippen LogP contribution in [0, 0.1) is 17.0 Å². The molecule has 4 aliphatic rings. The summed E-state index contributed by atoms with van der Waals surface area (Å²) in [6.45, 7) is 7.07. The van der Waals surface area contributed by atoms with Crippen LogP contribution < -0.4 is 15.0 Å². The number of thiazole rings is 1. The molecule has 2 aliphatic carbocycles. The molecular formula is C38H43F5N6O4S. The molecule has 4 fully saturated rings. The fraction of sp³-hybridized carbons (Fsp3) is 0.579. The van der Waals surface area contributed by atoms with E-state index < -0.39 is 57.7 Å². The molecule has 0 bridgehead atoms. The van der Waals surface area contributed by atoms with E-state index in [1.165, 1.54) is 0 Å². The average Bonchev–Trinajstić information content (AvgIpc) is 3.90. The molecule has 2 saturated heterocycles. The van der Waals surface area contributed by atoms with Crippen LogP contribution in [0.15, 0.2) is 18.2 Å². The number of hydrogen-bond donors (Lipinski definition) is 2. The molecule has 4 heterocycles. The minimum absolute atomic E-state index is 0.0723. The number of ether oxygens (including phenoxy) is 2. The zero-order valence-electron chi connectivity index (χ0n) is 30.6. The molecule has 2 atom stereocenters. The van der Waals surface area contributed by atoms with E-state index in [1.807, 2.05) is 0 Å². The Morgan fingerprint density at radius 2 is 1.74 bits per heavy atom. The molecule has 2 aliphatic heterocycles. The smallest absolute Gasteiger partial charge is 0.417 e. The summed E-state index contributed by atoms with van der Waals surface area (Å²) in [6, 6.07) is 2.42. The standard InChI is InChI=1S/C38H43F5N6O4S/c1-35(2,3)53-34(51)47-33-45-29-20(9-10-23(39)30(29)54-33)26-22(38(41,42)43)17-21-28(27(26)40)44-32(52-19-36-11-7-15-49(36)16-8-12-36)46-31(21)48(4)24-18-25(50)37(24)13-5-6-14-37/h9-10,17,24-25,50H,5-8,11-16,18-19H2,1-4H3,(H,45,47,51). The summed E-state index contributed by atoms with van der Waals surface area (Å²) in [5.41, 5.74) is -4.71. The number of amides is 1. The lowest BCUT2D eigenvalue weighted by atomic mass is 9.60. The van der Waals surface area contributed by atoms with Crippen molar-refractivity contribution in [3.63, 3.8) is 0 Å². The Labute approximate surface area is 313 Å². The summed E-state index contributed by atoms with van der Waals surface area (Å²) in [5, 5.41) is 13.0. The number of alkyl halides is 3. The summed E-state index contributed by atoms with van der Waals surface area (Å²) in [4.78, 5) is 30.0. The molecular weight excluding hydrogens is 732 g/mol. The minimum Gasteiger partial charge on any atom is -0.461 e. The highest BCUT2D eigenvalue weighted by molar-refractivity contribution is 7.22. The van der Waals surface area contributed by atoms with Gasteiger partial charge in [-0.25, -0.2) is 18.6 Å². The van der Waals surface area contributed by atoms with Crippen LogP contribution in [-0.4, -0.2) is 81.1 Å². The Morgan fingerprint density at radius 3 is 2.39 bits per heavy atom. The second kappa shape index (κ2) is 13.1. The van der Waals surface area contributed by atoms with Crippen molar-refractivity contribution in [3.8, 4) is 17.1 Å². The van der Waals surface area contributed by atoms with E-state index in [1.54, 1.807) is 32.7 Å². The van der Waals surface area contributed by atoms with Crippen LogP contribution in [0.3, 0.4) is 0 Å². The van der Waals surface area contributed by atoms with Gasteiger partial charge in [0, 0.05) is 35.0 Å². The van der Waals surface area contributed by atoms with Crippen LogP contribution in [0.1, 0.15) is 84.1 Å². The Bertz CT molecular complexity index is 2120. The summed E-state index contributed by atoms with van der Waals surface area (Å²) >= 11 is 0.687. The third kappa shape index (κ3) is 6.21. The number of halogens is 5. The predicted octanol–water partition coefficient (Wildman–Crippen LogP) is 8.69. The van der Waals surface area contributed by atoms with E-state index in [2.05, 4.69) is 25.2 Å². The van der Waals surface area contributed by atoms with Gasteiger partial charge in [0.2, 0.25) is 0 Å². The van der Waals surface area contributed by atoms with E-state index in [0.29, 0.717) is 17.8 Å². The highest BCUT2D eigenvalue weighted by Crippen LogP contribution is 2.56. The van der Waals surface area contributed by atoms with Crippen molar-refractivity contribution in [1.29, 1.82) is 0 Å². The van der Waals surface area contributed by atoms with Crippen LogP contribution >= 0.6 is 11.3 Å². The topological polar surface area (TPSA) is 113 Å². The van der Waals surface area contributed by atoms with Crippen molar-refractivity contribution in [3.05, 3.63) is 35.4 Å². The van der Waals surface area contributed by atoms with Crippen LogP contribution in [0.25, 0.3) is 32.2 Å². The van der Waals surface area contributed by atoms with Gasteiger partial charge < -0.3 is 19.5 Å². The second-order valence-electron chi connectivity index (χ2n) is 16.3. The Morgan fingerprint density at radius 1 is 1.04 bits per heavy atom. The number of aliphatic hydroxyl groups excluding tert-OH is 1. The van der Waals surface area contributed by atoms with Gasteiger partial charge in [0.1, 0.15) is 29.4 Å². The van der Waals surface area contributed by atoms with Crippen molar-refractivity contribution < 1.29 is 41.3 Å². The van der Waals surface area contributed by atoms with Crippen LogP contribution in [0.5, 0.6) is 6.01 Å². The quantitative estimate of drug-likeness (QED) is 0.178. The first-order valence-electron chi connectivity index (χ1n) is 18.5. The third-order valence-corrected chi connectivity index (χ3v) is 12.9. The van der Waals surface area contributed by atoms with Crippen LogP contribution in [0.2, 0.25) is 0 Å². The van der Waals surface area contributed by atoms with Gasteiger partial charge in [-0.1, -0.05) is 24.2 Å². The number of nitrogens with zero attached hydrogens (tertiary/aromatic N) is 5. The number of anilines is 2. The lowest BCUT2D eigenvalue weighted by Gasteiger charge is -2.55. The van der Waals surface area contributed by atoms with E-state index in [-0.39, 0.29) is 56.3 Å². The first-order valence-corrected chi connectivity index (χ1v) is 19.3. The third-order valence-electron chi connectivity index (χ3n) is 12.0. The summed E-state index contributed by atoms with van der Waals surface area (Å²) in [5.74, 6) is -2.03. The maximum atomic E-state index is 17.3. The predicted molar refractivity (Wildman–Crippen MR) is 195 cm³/mol. The number of carbonyl (C=O) groups excluding carboxylic acids is 1. The molecule has 8 rings (SSSR count). The fourth-order valence-electron chi connectivity index (χ4n) is 9.43. The first kappa shape index (κ1) is 37.1. The Hall–Kier alpha value is -3.89. The SMILES string of the molecule is CN(c1nc(OCC23CCCN2CCC3)nc2c(F)c(-c3ccc(F)c4sc(NC(=O)OC(C)(C)C)nc34)c(C(F)(F)F)cc12)C1CC(O)C12CCCC2. The lowest BCUT2D eigenvalue weighted by molar-refractivity contribution is -0.137. The molecule has 1 amide bonds. The molecule has 54 heavy (non-hydrogen) atoms. The average molecular weight is 775 g/mol. The van der Waals surface area contributed by atoms with Gasteiger partial charge in [-0.2, -0.15) is 23.1 Å². The molecule has 2 aromatic carbocycles. The molecule has 4 aromatic rings. The monoisotopic (exact) mass is 774 g/mol. The van der Waals surface area contributed by atoms with Gasteiger partial charge in [0.15, 0.2) is 10.9 Å². The molecule has 2 N–H and O–H groups in total. The van der Waals surface area contributed by atoms with E-state index in [9.17, 15) is 9.90 Å². The number of aliphatic hydroxyl groups is 1. The van der Waals surface area contributed by atoms with Crippen LogP contribution in [0.4, 0.5) is 37.7 Å². The van der Waals surface area contributed by atoms with Crippen LogP contribution in [-0.2, 0) is 10.9 Å². The summed E-state index contributed by atoms with van der Waals surface area (Å²) in [6.07, 6.45) is 1.09. The number of hydrogen-bond acceptors (Lipinski definition) is 10. The van der Waals surface area contributed by atoms with Crippen molar-refractivity contribution in [2.24, 2.45) is 5.41 Å².